The van der Waals surface area contributed by atoms with Crippen molar-refractivity contribution in [1.82, 2.24) is 5.32 Å². The van der Waals surface area contributed by atoms with Crippen LogP contribution in [-0.4, -0.2) is 22.3 Å². The molecule has 0 saturated heterocycles. The smallest absolute Gasteiger partial charge is 0.0406 e. The fourth-order valence-electron chi connectivity index (χ4n) is 2.26. The number of nitrogens with one attached hydrogen (secondary N) is 1. The van der Waals surface area contributed by atoms with Gasteiger partial charge < -0.3 is 5.32 Å². The fraction of sp³-hybridized carbons (Fsp3) is 0.600. The van der Waals surface area contributed by atoms with Gasteiger partial charge in [-0.1, -0.05) is 30.7 Å². The highest BCUT2D eigenvalue weighted by molar-refractivity contribution is 7.84. The molecule has 1 aliphatic rings. The van der Waals surface area contributed by atoms with Gasteiger partial charge in [0.1, 0.15) is 0 Å². The maximum Gasteiger partial charge on any atom is 0.0406 e. The van der Waals surface area contributed by atoms with Gasteiger partial charge in [-0.25, -0.2) is 0 Å². The lowest BCUT2D eigenvalue weighted by molar-refractivity contribution is 0.474. The molecule has 1 N–H and O–H groups in total. The first kappa shape index (κ1) is 15.0. The summed E-state index contributed by atoms with van der Waals surface area (Å²) in [7, 11) is -0.725. The highest BCUT2D eigenvalue weighted by Gasteiger charge is 2.31. The van der Waals surface area contributed by atoms with E-state index in [1.165, 1.54) is 18.4 Å². The molecule has 1 aromatic carbocycles. The molecule has 2 rings (SSSR count). The van der Waals surface area contributed by atoms with Gasteiger partial charge in [-0.2, -0.15) is 0 Å². The Balaban J connectivity index is 1.90. The Morgan fingerprint density at radius 1 is 1.37 bits per heavy atom. The summed E-state index contributed by atoms with van der Waals surface area (Å²) in [4.78, 5) is 0. The van der Waals surface area contributed by atoms with Gasteiger partial charge in [-0.15, -0.1) is 0 Å². The van der Waals surface area contributed by atoms with E-state index in [9.17, 15) is 4.21 Å². The first-order chi connectivity index (χ1) is 9.08. The maximum absolute atomic E-state index is 11.3. The molecular weight excluding hydrogens is 278 g/mol. The van der Waals surface area contributed by atoms with E-state index < -0.39 is 10.8 Å². The van der Waals surface area contributed by atoms with Crippen LogP contribution in [0.3, 0.4) is 0 Å². The second-order valence-electron chi connectivity index (χ2n) is 5.42. The van der Waals surface area contributed by atoms with Crippen molar-refractivity contribution in [1.29, 1.82) is 0 Å². The second kappa shape index (κ2) is 6.87. The van der Waals surface area contributed by atoms with Gasteiger partial charge in [0.2, 0.25) is 0 Å². The molecule has 0 aliphatic heterocycles. The van der Waals surface area contributed by atoms with Crippen molar-refractivity contribution in [3.05, 3.63) is 34.9 Å². The predicted molar refractivity (Wildman–Crippen MR) is 83.1 cm³/mol. The van der Waals surface area contributed by atoms with E-state index in [0.717, 1.165) is 23.9 Å². The molecule has 1 aromatic rings. The van der Waals surface area contributed by atoms with Crippen LogP contribution in [0.1, 0.15) is 37.8 Å². The van der Waals surface area contributed by atoms with Crippen LogP contribution in [0, 0.1) is 5.92 Å². The molecule has 3 atom stereocenters. The van der Waals surface area contributed by atoms with Gasteiger partial charge in [-0.3, -0.25) is 4.21 Å². The third kappa shape index (κ3) is 4.59. The van der Waals surface area contributed by atoms with Crippen molar-refractivity contribution in [2.24, 2.45) is 5.92 Å². The summed E-state index contributed by atoms with van der Waals surface area (Å²) < 4.78 is 11.3. The topological polar surface area (TPSA) is 29.1 Å². The first-order valence-electron chi connectivity index (χ1n) is 6.89. The molecule has 0 heterocycles. The van der Waals surface area contributed by atoms with E-state index in [0.29, 0.717) is 6.04 Å². The summed E-state index contributed by atoms with van der Waals surface area (Å²) in [5, 5.41) is 4.67. The van der Waals surface area contributed by atoms with Crippen LogP contribution in [0.2, 0.25) is 5.02 Å². The standard InChI is InChI=1S/C15H22ClNOS/c1-11(19(2)18)9-10-17-15(12-3-4-12)13-5-7-14(16)8-6-13/h5-8,11-12,15,17H,3-4,9-10H2,1-2H3. The minimum atomic E-state index is -0.725. The van der Waals surface area contributed by atoms with Gasteiger partial charge in [-0.05, 0) is 49.4 Å². The highest BCUT2D eigenvalue weighted by atomic mass is 35.5. The van der Waals surface area contributed by atoms with Crippen LogP contribution in [0.4, 0.5) is 0 Å². The summed E-state index contributed by atoms with van der Waals surface area (Å²) >= 11 is 5.94. The zero-order valence-electron chi connectivity index (χ0n) is 11.6. The van der Waals surface area contributed by atoms with Crippen molar-refractivity contribution >= 4 is 22.4 Å². The number of benzene rings is 1. The normalized spacial score (nSPS) is 19.9. The van der Waals surface area contributed by atoms with E-state index in [4.69, 9.17) is 11.6 Å². The minimum absolute atomic E-state index is 0.262. The van der Waals surface area contributed by atoms with Crippen molar-refractivity contribution in [2.75, 3.05) is 12.8 Å². The number of rotatable bonds is 7. The van der Waals surface area contributed by atoms with Crippen LogP contribution >= 0.6 is 11.6 Å². The summed E-state index contributed by atoms with van der Waals surface area (Å²) in [6, 6.07) is 8.56. The van der Waals surface area contributed by atoms with Crippen LogP contribution in [0.15, 0.2) is 24.3 Å². The molecule has 1 aliphatic carbocycles. The third-order valence-electron chi connectivity index (χ3n) is 3.80. The van der Waals surface area contributed by atoms with Crippen LogP contribution < -0.4 is 5.32 Å². The highest BCUT2D eigenvalue weighted by Crippen LogP contribution is 2.41. The van der Waals surface area contributed by atoms with E-state index in [1.54, 1.807) is 6.26 Å². The van der Waals surface area contributed by atoms with Gasteiger partial charge >= 0.3 is 0 Å². The van der Waals surface area contributed by atoms with Crippen LogP contribution in [0.5, 0.6) is 0 Å². The molecule has 1 saturated carbocycles. The Labute approximate surface area is 123 Å². The minimum Gasteiger partial charge on any atom is -0.310 e. The zero-order chi connectivity index (χ0) is 13.8. The van der Waals surface area contributed by atoms with Crippen molar-refractivity contribution < 1.29 is 4.21 Å². The monoisotopic (exact) mass is 299 g/mol. The quantitative estimate of drug-likeness (QED) is 0.834. The number of halogens is 1. The largest absolute Gasteiger partial charge is 0.310 e. The SMILES string of the molecule is CC(CCNC(c1ccc(Cl)cc1)C1CC1)S(C)=O. The molecule has 1 fully saturated rings. The Hall–Kier alpha value is -0.380. The average molecular weight is 300 g/mol. The Kier molecular flexibility index (Phi) is 5.43. The Morgan fingerprint density at radius 3 is 2.53 bits per heavy atom. The molecule has 106 valence electrons. The summed E-state index contributed by atoms with van der Waals surface area (Å²) in [6.07, 6.45) is 5.34. The second-order valence-corrected chi connectivity index (χ2v) is 7.66. The predicted octanol–water partition coefficient (Wildman–Crippen LogP) is 3.54. The number of hydrogen-bond acceptors (Lipinski definition) is 2. The molecular formula is C15H22ClNOS. The van der Waals surface area contributed by atoms with E-state index in [-0.39, 0.29) is 5.25 Å². The molecule has 19 heavy (non-hydrogen) atoms. The zero-order valence-corrected chi connectivity index (χ0v) is 13.1. The number of hydrogen-bond donors (Lipinski definition) is 1. The molecule has 0 amide bonds. The van der Waals surface area contributed by atoms with Crippen molar-refractivity contribution in [2.45, 2.75) is 37.5 Å². The van der Waals surface area contributed by atoms with Gasteiger partial charge in [0.05, 0.1) is 0 Å². The molecule has 3 unspecified atom stereocenters. The fourth-order valence-corrected chi connectivity index (χ4v) is 2.84. The molecule has 0 bridgehead atoms. The first-order valence-corrected chi connectivity index (χ1v) is 8.89. The van der Waals surface area contributed by atoms with Gasteiger partial charge in [0.25, 0.3) is 0 Å². The van der Waals surface area contributed by atoms with Crippen LogP contribution in [0.25, 0.3) is 0 Å². The summed E-state index contributed by atoms with van der Waals surface area (Å²) in [5.74, 6) is 0.753. The van der Waals surface area contributed by atoms with E-state index >= 15 is 0 Å². The van der Waals surface area contributed by atoms with E-state index in [1.807, 2.05) is 19.1 Å². The average Bonchev–Trinajstić information content (AvgIpc) is 3.20. The van der Waals surface area contributed by atoms with Crippen molar-refractivity contribution in [3.63, 3.8) is 0 Å². The third-order valence-corrected chi connectivity index (χ3v) is 5.43. The maximum atomic E-state index is 11.3. The molecule has 0 spiro atoms. The molecule has 0 aromatic heterocycles. The van der Waals surface area contributed by atoms with Crippen molar-refractivity contribution in [3.8, 4) is 0 Å². The van der Waals surface area contributed by atoms with Gasteiger partial charge in [0.15, 0.2) is 0 Å². The molecule has 0 radical (unpaired) electrons. The van der Waals surface area contributed by atoms with Gasteiger partial charge in [0, 0.05) is 33.4 Å². The lowest BCUT2D eigenvalue weighted by Crippen LogP contribution is -2.27. The molecule has 2 nitrogen and oxygen atoms in total. The Morgan fingerprint density at radius 2 is 2.00 bits per heavy atom. The summed E-state index contributed by atoms with van der Waals surface area (Å²) in [5.41, 5.74) is 1.32. The lowest BCUT2D eigenvalue weighted by Gasteiger charge is -2.20. The van der Waals surface area contributed by atoms with E-state index in [2.05, 4.69) is 17.4 Å². The lowest BCUT2D eigenvalue weighted by atomic mass is 10.0. The van der Waals surface area contributed by atoms with Crippen LogP contribution in [-0.2, 0) is 10.8 Å². The molecule has 4 heteroatoms. The Bertz CT molecular complexity index is 430. The summed E-state index contributed by atoms with van der Waals surface area (Å²) in [6.45, 7) is 2.97.